The first-order chi connectivity index (χ1) is 6.79. The zero-order valence-corrected chi connectivity index (χ0v) is 7.79. The van der Waals surface area contributed by atoms with Crippen LogP contribution in [0.3, 0.4) is 0 Å². The monoisotopic (exact) mass is 195 g/mol. The molecule has 0 aliphatic heterocycles. The van der Waals surface area contributed by atoms with E-state index in [1.807, 2.05) is 0 Å². The zero-order valence-electron chi connectivity index (χ0n) is 7.79. The van der Waals surface area contributed by atoms with Crippen molar-refractivity contribution >= 4 is 5.82 Å². The lowest BCUT2D eigenvalue weighted by Crippen LogP contribution is -2.15. The van der Waals surface area contributed by atoms with Crippen LogP contribution in [0.4, 0.5) is 5.82 Å². The van der Waals surface area contributed by atoms with Gasteiger partial charge in [0.2, 0.25) is 0 Å². The smallest absolute Gasteiger partial charge is 0.252 e. The summed E-state index contributed by atoms with van der Waals surface area (Å²) in [6.07, 6.45) is 2.21. The Labute approximate surface area is 81.2 Å². The molecule has 5 heteroatoms. The van der Waals surface area contributed by atoms with Crippen LogP contribution in [0.2, 0.25) is 0 Å². The van der Waals surface area contributed by atoms with Gasteiger partial charge in [-0.05, 0) is 12.8 Å². The fraction of sp³-hybridized carbons (Fsp3) is 0.556. The van der Waals surface area contributed by atoms with Crippen LogP contribution in [0, 0.1) is 0 Å². The van der Waals surface area contributed by atoms with E-state index in [1.54, 1.807) is 0 Å². The Kier molecular flexibility index (Phi) is 2.49. The molecule has 1 fully saturated rings. The molecule has 1 heterocycles. The Hall–Kier alpha value is -1.36. The number of rotatable bonds is 4. The molecule has 1 aliphatic rings. The molecule has 0 bridgehead atoms. The van der Waals surface area contributed by atoms with Crippen molar-refractivity contribution in [3.05, 3.63) is 22.2 Å². The molecule has 0 atom stereocenters. The molecule has 0 aromatic carbocycles. The predicted octanol–water partition coefficient (Wildman–Crippen LogP) is 0.0515. The van der Waals surface area contributed by atoms with E-state index < -0.39 is 0 Å². The van der Waals surface area contributed by atoms with Crippen LogP contribution in [0.15, 0.2) is 10.9 Å². The second kappa shape index (κ2) is 3.79. The van der Waals surface area contributed by atoms with E-state index in [9.17, 15) is 4.79 Å². The van der Waals surface area contributed by atoms with Crippen LogP contribution in [0.25, 0.3) is 0 Å². The van der Waals surface area contributed by atoms with E-state index in [-0.39, 0.29) is 12.2 Å². The largest absolute Gasteiger partial charge is 0.395 e. The highest BCUT2D eigenvalue weighted by Gasteiger charge is 2.26. The number of nitrogens with one attached hydrogen (secondary N) is 2. The summed E-state index contributed by atoms with van der Waals surface area (Å²) in [4.78, 5) is 18.2. The van der Waals surface area contributed by atoms with Gasteiger partial charge in [-0.2, -0.15) is 0 Å². The lowest BCUT2D eigenvalue weighted by molar-refractivity contribution is 0.311. The van der Waals surface area contributed by atoms with Crippen molar-refractivity contribution in [1.82, 2.24) is 9.97 Å². The summed E-state index contributed by atoms with van der Waals surface area (Å²) in [6, 6.07) is 1.40. The predicted molar refractivity (Wildman–Crippen MR) is 52.4 cm³/mol. The number of aliphatic hydroxyl groups is 1. The lowest BCUT2D eigenvalue weighted by Gasteiger charge is -2.04. The molecule has 5 nitrogen and oxygen atoms in total. The van der Waals surface area contributed by atoms with Crippen LogP contribution < -0.4 is 10.9 Å². The average Bonchev–Trinajstić information content (AvgIpc) is 2.97. The minimum absolute atomic E-state index is 0.0350. The van der Waals surface area contributed by atoms with Gasteiger partial charge in [0.1, 0.15) is 11.6 Å². The molecule has 14 heavy (non-hydrogen) atoms. The SMILES string of the molecule is O=c1cc(NCCO)nc(C2CC2)[nH]1. The minimum atomic E-state index is -0.137. The Bertz CT molecular complexity index is 371. The van der Waals surface area contributed by atoms with E-state index in [0.717, 1.165) is 18.7 Å². The molecule has 1 saturated carbocycles. The van der Waals surface area contributed by atoms with Gasteiger partial charge in [0.15, 0.2) is 0 Å². The van der Waals surface area contributed by atoms with Crippen molar-refractivity contribution < 1.29 is 5.11 Å². The third kappa shape index (κ3) is 2.11. The molecule has 0 amide bonds. The van der Waals surface area contributed by atoms with Gasteiger partial charge in [-0.15, -0.1) is 0 Å². The van der Waals surface area contributed by atoms with Crippen LogP contribution in [-0.2, 0) is 0 Å². The second-order valence-corrected chi connectivity index (χ2v) is 3.44. The summed E-state index contributed by atoms with van der Waals surface area (Å²) in [5.74, 6) is 1.74. The van der Waals surface area contributed by atoms with Crippen LogP contribution in [0.1, 0.15) is 24.6 Å². The topological polar surface area (TPSA) is 78.0 Å². The van der Waals surface area contributed by atoms with Crippen LogP contribution in [0.5, 0.6) is 0 Å². The maximum absolute atomic E-state index is 11.2. The standard InChI is InChI=1S/C9H13N3O2/c13-4-3-10-7-5-8(14)12-9(11-7)6-1-2-6/h5-6,13H,1-4H2,(H2,10,11,12,14). The molecule has 0 unspecified atom stereocenters. The number of nitrogens with zero attached hydrogens (tertiary/aromatic N) is 1. The molecule has 0 radical (unpaired) electrons. The van der Waals surface area contributed by atoms with Gasteiger partial charge in [0.25, 0.3) is 5.56 Å². The van der Waals surface area contributed by atoms with Gasteiger partial charge in [0.05, 0.1) is 6.61 Å². The van der Waals surface area contributed by atoms with Gasteiger partial charge in [0, 0.05) is 18.5 Å². The van der Waals surface area contributed by atoms with E-state index in [4.69, 9.17) is 5.11 Å². The molecule has 0 spiro atoms. The van der Waals surface area contributed by atoms with Crippen molar-refractivity contribution in [2.45, 2.75) is 18.8 Å². The Morgan fingerprint density at radius 3 is 3.07 bits per heavy atom. The molecule has 2 rings (SSSR count). The van der Waals surface area contributed by atoms with Gasteiger partial charge in [-0.25, -0.2) is 4.98 Å². The fourth-order valence-corrected chi connectivity index (χ4v) is 1.30. The van der Waals surface area contributed by atoms with Gasteiger partial charge >= 0.3 is 0 Å². The maximum Gasteiger partial charge on any atom is 0.252 e. The molecule has 1 aliphatic carbocycles. The summed E-state index contributed by atoms with van der Waals surface area (Å²) in [6.45, 7) is 0.452. The highest BCUT2D eigenvalue weighted by atomic mass is 16.3. The summed E-state index contributed by atoms with van der Waals surface area (Å²) >= 11 is 0. The maximum atomic E-state index is 11.2. The van der Waals surface area contributed by atoms with Gasteiger partial charge in [-0.3, -0.25) is 4.79 Å². The molecule has 76 valence electrons. The highest BCUT2D eigenvalue weighted by molar-refractivity contribution is 5.33. The Balaban J connectivity index is 2.18. The summed E-state index contributed by atoms with van der Waals surface area (Å²) in [5, 5.41) is 11.5. The van der Waals surface area contributed by atoms with Crippen LogP contribution >= 0.6 is 0 Å². The minimum Gasteiger partial charge on any atom is -0.395 e. The summed E-state index contributed by atoms with van der Waals surface area (Å²) in [7, 11) is 0. The molecule has 0 saturated heterocycles. The first-order valence-corrected chi connectivity index (χ1v) is 4.75. The van der Waals surface area contributed by atoms with Crippen molar-refractivity contribution in [1.29, 1.82) is 0 Å². The van der Waals surface area contributed by atoms with E-state index in [2.05, 4.69) is 15.3 Å². The molecule has 1 aromatic heterocycles. The van der Waals surface area contributed by atoms with Crippen molar-refractivity contribution in [2.75, 3.05) is 18.5 Å². The second-order valence-electron chi connectivity index (χ2n) is 3.44. The molecular weight excluding hydrogens is 182 g/mol. The quantitative estimate of drug-likeness (QED) is 0.634. The first-order valence-electron chi connectivity index (χ1n) is 4.75. The molecular formula is C9H13N3O2. The number of aromatic nitrogens is 2. The third-order valence-corrected chi connectivity index (χ3v) is 2.14. The number of anilines is 1. The Morgan fingerprint density at radius 2 is 2.43 bits per heavy atom. The van der Waals surface area contributed by atoms with Crippen molar-refractivity contribution in [3.63, 3.8) is 0 Å². The normalized spacial score (nSPS) is 15.5. The third-order valence-electron chi connectivity index (χ3n) is 2.14. The number of aliphatic hydroxyl groups excluding tert-OH is 1. The van der Waals surface area contributed by atoms with Gasteiger partial charge < -0.3 is 15.4 Å². The number of aromatic amines is 1. The summed E-state index contributed by atoms with van der Waals surface area (Å²) in [5.41, 5.74) is -0.137. The van der Waals surface area contributed by atoms with E-state index >= 15 is 0 Å². The average molecular weight is 195 g/mol. The fourth-order valence-electron chi connectivity index (χ4n) is 1.30. The molecule has 1 aromatic rings. The van der Waals surface area contributed by atoms with Crippen molar-refractivity contribution in [3.8, 4) is 0 Å². The number of hydrogen-bond acceptors (Lipinski definition) is 4. The number of hydrogen-bond donors (Lipinski definition) is 3. The van der Waals surface area contributed by atoms with Crippen molar-refractivity contribution in [2.24, 2.45) is 0 Å². The van der Waals surface area contributed by atoms with Gasteiger partial charge in [-0.1, -0.05) is 0 Å². The number of H-pyrrole nitrogens is 1. The highest BCUT2D eigenvalue weighted by Crippen LogP contribution is 2.37. The van der Waals surface area contributed by atoms with E-state index in [1.165, 1.54) is 6.07 Å². The lowest BCUT2D eigenvalue weighted by atomic mass is 10.4. The Morgan fingerprint density at radius 1 is 1.64 bits per heavy atom. The first kappa shape index (κ1) is 9.21. The van der Waals surface area contributed by atoms with E-state index in [0.29, 0.717) is 18.3 Å². The summed E-state index contributed by atoms with van der Waals surface area (Å²) < 4.78 is 0. The zero-order chi connectivity index (χ0) is 9.97. The van der Waals surface area contributed by atoms with Crippen LogP contribution in [-0.4, -0.2) is 28.2 Å². The molecule has 3 N–H and O–H groups in total.